The molecule has 8 heteroatoms. The highest BCUT2D eigenvalue weighted by molar-refractivity contribution is 5.94. The minimum Gasteiger partial charge on any atom is -0.481 e. The third kappa shape index (κ3) is 3.80. The summed E-state index contributed by atoms with van der Waals surface area (Å²) in [7, 11) is 1.53. The van der Waals surface area contributed by atoms with Gasteiger partial charge in [0.05, 0.1) is 24.8 Å². The van der Waals surface area contributed by atoms with Gasteiger partial charge in [0.15, 0.2) is 0 Å². The lowest BCUT2D eigenvalue weighted by molar-refractivity contribution is 0.0931. The topological polar surface area (TPSA) is 101 Å². The lowest BCUT2D eigenvalue weighted by Gasteiger charge is -2.21. The van der Waals surface area contributed by atoms with Crippen LogP contribution in [0.5, 0.6) is 5.88 Å². The Balaban J connectivity index is 1.60. The number of oxazole rings is 1. The van der Waals surface area contributed by atoms with Crippen molar-refractivity contribution in [2.24, 2.45) is 0 Å². The van der Waals surface area contributed by atoms with Gasteiger partial charge in [0.2, 0.25) is 11.8 Å². The van der Waals surface area contributed by atoms with Crippen LogP contribution in [0.4, 0.5) is 4.39 Å². The van der Waals surface area contributed by atoms with E-state index in [2.05, 4.69) is 15.3 Å². The molecule has 146 valence electrons. The van der Waals surface area contributed by atoms with Crippen molar-refractivity contribution in [1.82, 2.24) is 15.3 Å². The van der Waals surface area contributed by atoms with Crippen LogP contribution in [0.25, 0.3) is 11.5 Å². The molecule has 0 fully saturated rings. The van der Waals surface area contributed by atoms with Crippen LogP contribution < -0.4 is 10.1 Å². The number of carbonyl (C=O) groups excluding carboxylic acids is 1. The molecule has 29 heavy (non-hydrogen) atoms. The number of fused-ring (bicyclic) bond motifs is 1. The zero-order valence-electron chi connectivity index (χ0n) is 15.6. The fourth-order valence-electron chi connectivity index (χ4n) is 3.36. The lowest BCUT2D eigenvalue weighted by atomic mass is 9.96. The molecule has 2 aromatic heterocycles. The first-order valence-electron chi connectivity index (χ1n) is 9.09. The monoisotopic (exact) mass is 392 g/mol. The number of carbonyl (C=O) groups is 1. The number of nitrogens with one attached hydrogen (secondary N) is 1. The first-order valence-corrected chi connectivity index (χ1v) is 9.09. The summed E-state index contributed by atoms with van der Waals surface area (Å²) in [6, 6.07) is 8.54. The molecule has 7 nitrogen and oxygen atoms in total. The fourth-order valence-corrected chi connectivity index (χ4v) is 3.36. The molecule has 1 atom stereocenters. The molecule has 1 unspecified atom stereocenters. The second-order valence-corrected chi connectivity index (χ2v) is 6.67. The van der Waals surface area contributed by atoms with Gasteiger partial charge in [0.1, 0.15) is 17.3 Å². The molecule has 1 aliphatic carbocycles. The number of methoxy groups -OCH3 is 1. The van der Waals surface area contributed by atoms with Gasteiger partial charge in [-0.3, -0.25) is 4.79 Å². The van der Waals surface area contributed by atoms with Crippen LogP contribution >= 0.6 is 0 Å². The molecule has 0 aliphatic heterocycles. The molecule has 3 aromatic rings. The predicted molar refractivity (Wildman–Crippen MR) is 101 cm³/mol. The first-order chi connectivity index (χ1) is 14.1. The largest absolute Gasteiger partial charge is 0.481 e. The Kier molecular flexibility index (Phi) is 4.96. The van der Waals surface area contributed by atoms with Crippen LogP contribution in [-0.2, 0) is 6.42 Å². The first kappa shape index (κ1) is 18.6. The lowest BCUT2D eigenvalue weighted by Crippen LogP contribution is -2.31. The van der Waals surface area contributed by atoms with Gasteiger partial charge in [-0.1, -0.05) is 0 Å². The average molecular weight is 392 g/mol. The highest BCUT2D eigenvalue weighted by Crippen LogP contribution is 2.33. The number of aryl methyl sites for hydroxylation is 1. The third-order valence-corrected chi connectivity index (χ3v) is 4.74. The summed E-state index contributed by atoms with van der Waals surface area (Å²) in [5.41, 5.74) is 1.57. The number of rotatable bonds is 4. The molecule has 2 heterocycles. The van der Waals surface area contributed by atoms with Crippen LogP contribution in [0.15, 0.2) is 40.9 Å². The van der Waals surface area contributed by atoms with Gasteiger partial charge in [0.25, 0.3) is 5.91 Å². The van der Waals surface area contributed by atoms with Crippen LogP contribution in [0, 0.1) is 17.1 Å². The molecule has 1 aliphatic rings. The summed E-state index contributed by atoms with van der Waals surface area (Å²) in [6.45, 7) is 0. The Hall–Kier alpha value is -3.73. The molecule has 0 spiro atoms. The van der Waals surface area contributed by atoms with E-state index in [9.17, 15) is 9.18 Å². The third-order valence-electron chi connectivity index (χ3n) is 4.74. The van der Waals surface area contributed by atoms with Gasteiger partial charge >= 0.3 is 0 Å². The minimum absolute atomic E-state index is 0.0924. The van der Waals surface area contributed by atoms with E-state index in [1.165, 1.54) is 13.2 Å². The predicted octanol–water partition coefficient (Wildman–Crippen LogP) is 3.56. The van der Waals surface area contributed by atoms with Crippen LogP contribution in [0.2, 0.25) is 0 Å². The second kappa shape index (κ2) is 7.72. The van der Waals surface area contributed by atoms with E-state index in [0.29, 0.717) is 29.6 Å². The highest BCUT2D eigenvalue weighted by atomic mass is 19.1. The number of nitriles is 1. The molecule has 0 saturated carbocycles. The SMILES string of the molecule is COc1cc(-c2nc3c(o2)CCCC3NC(=O)c2cc(F)cc(C#N)c2)ccn1. The number of hydrogen-bond acceptors (Lipinski definition) is 6. The van der Waals surface area contributed by atoms with Gasteiger partial charge in [-0.15, -0.1) is 0 Å². The van der Waals surface area contributed by atoms with E-state index < -0.39 is 11.7 Å². The normalized spacial score (nSPS) is 15.3. The standard InChI is InChI=1S/C21H17FN4O3/c1-28-18-10-13(5-6-24-18)21-26-19-16(3-2-4-17(19)29-21)25-20(27)14-7-12(11-23)8-15(22)9-14/h5-10,16H,2-4H2,1H3,(H,25,27). The number of benzene rings is 1. The number of nitrogens with zero attached hydrogens (tertiary/aromatic N) is 3. The van der Waals surface area contributed by atoms with Crippen molar-refractivity contribution in [3.8, 4) is 23.4 Å². The zero-order valence-corrected chi connectivity index (χ0v) is 15.6. The molecule has 1 amide bonds. The Morgan fingerprint density at radius 3 is 3.03 bits per heavy atom. The highest BCUT2D eigenvalue weighted by Gasteiger charge is 2.28. The smallest absolute Gasteiger partial charge is 0.251 e. The average Bonchev–Trinajstić information content (AvgIpc) is 3.18. The number of ether oxygens (including phenoxy) is 1. The summed E-state index contributed by atoms with van der Waals surface area (Å²) < 4.78 is 24.7. The summed E-state index contributed by atoms with van der Waals surface area (Å²) in [4.78, 5) is 21.3. The molecule has 1 N–H and O–H groups in total. The van der Waals surface area contributed by atoms with Crippen molar-refractivity contribution in [3.05, 3.63) is 64.9 Å². The van der Waals surface area contributed by atoms with E-state index in [1.54, 1.807) is 18.3 Å². The van der Waals surface area contributed by atoms with Crippen molar-refractivity contribution in [2.45, 2.75) is 25.3 Å². The molecule has 1 aromatic carbocycles. The molecule has 0 bridgehead atoms. The van der Waals surface area contributed by atoms with Gasteiger partial charge in [-0.05, 0) is 37.1 Å². The summed E-state index contributed by atoms with van der Waals surface area (Å²) in [6.07, 6.45) is 3.83. The Labute approximate surface area is 166 Å². The van der Waals surface area contributed by atoms with E-state index in [-0.39, 0.29) is 17.2 Å². The quantitative estimate of drug-likeness (QED) is 0.728. The number of halogens is 1. The number of aromatic nitrogens is 2. The van der Waals surface area contributed by atoms with Crippen LogP contribution in [0.3, 0.4) is 0 Å². The molecular formula is C21H17FN4O3. The number of pyridine rings is 1. The molecular weight excluding hydrogens is 375 g/mol. The van der Waals surface area contributed by atoms with E-state index in [0.717, 1.165) is 30.5 Å². The van der Waals surface area contributed by atoms with Crippen LogP contribution in [0.1, 0.15) is 46.3 Å². The van der Waals surface area contributed by atoms with E-state index in [4.69, 9.17) is 14.4 Å². The molecule has 4 rings (SSSR count). The van der Waals surface area contributed by atoms with Crippen molar-refractivity contribution >= 4 is 5.91 Å². The van der Waals surface area contributed by atoms with Gasteiger partial charge in [-0.2, -0.15) is 5.26 Å². The summed E-state index contributed by atoms with van der Waals surface area (Å²) in [5.74, 6) is 0.490. The zero-order chi connectivity index (χ0) is 20.4. The molecule has 0 saturated heterocycles. The molecule has 0 radical (unpaired) electrons. The Morgan fingerprint density at radius 1 is 1.38 bits per heavy atom. The second-order valence-electron chi connectivity index (χ2n) is 6.67. The number of hydrogen-bond donors (Lipinski definition) is 1. The van der Waals surface area contributed by atoms with E-state index >= 15 is 0 Å². The van der Waals surface area contributed by atoms with Gasteiger partial charge in [-0.25, -0.2) is 14.4 Å². The van der Waals surface area contributed by atoms with Crippen molar-refractivity contribution in [1.29, 1.82) is 5.26 Å². The maximum absolute atomic E-state index is 13.7. The van der Waals surface area contributed by atoms with Gasteiger partial charge < -0.3 is 14.5 Å². The van der Waals surface area contributed by atoms with Crippen LogP contribution in [-0.4, -0.2) is 23.0 Å². The Morgan fingerprint density at radius 2 is 2.24 bits per heavy atom. The van der Waals surface area contributed by atoms with Gasteiger partial charge in [0, 0.05) is 29.8 Å². The number of amides is 1. The summed E-state index contributed by atoms with van der Waals surface area (Å²) >= 11 is 0. The van der Waals surface area contributed by atoms with Crippen molar-refractivity contribution in [3.63, 3.8) is 0 Å². The van der Waals surface area contributed by atoms with Crippen molar-refractivity contribution < 1.29 is 18.3 Å². The fraction of sp³-hybridized carbons (Fsp3) is 0.238. The maximum atomic E-state index is 13.7. The maximum Gasteiger partial charge on any atom is 0.251 e. The van der Waals surface area contributed by atoms with E-state index in [1.807, 2.05) is 6.07 Å². The Bertz CT molecular complexity index is 1120. The minimum atomic E-state index is -0.631. The summed E-state index contributed by atoms with van der Waals surface area (Å²) in [5, 5.41) is 11.9. The van der Waals surface area contributed by atoms with Crippen molar-refractivity contribution in [2.75, 3.05) is 7.11 Å².